The Bertz CT molecular complexity index is 1530. The molecule has 8 nitrogen and oxygen atoms in total. The van der Waals surface area contributed by atoms with Gasteiger partial charge in [0.2, 0.25) is 5.91 Å². The fourth-order valence-electron chi connectivity index (χ4n) is 3.54. The molecule has 4 aromatic rings. The zero-order valence-electron chi connectivity index (χ0n) is 18.1. The third-order valence-corrected chi connectivity index (χ3v) is 5.50. The van der Waals surface area contributed by atoms with Crippen LogP contribution < -0.4 is 10.9 Å². The molecule has 0 aliphatic rings. The molecular weight excluding hydrogens is 479 g/mol. The van der Waals surface area contributed by atoms with Crippen LogP contribution >= 0.6 is 11.6 Å². The summed E-state index contributed by atoms with van der Waals surface area (Å²) in [6.07, 6.45) is 1.75. The summed E-state index contributed by atoms with van der Waals surface area (Å²) in [5.41, 5.74) is 0.726. The first-order valence-electron chi connectivity index (χ1n) is 10.1. The molecule has 0 aliphatic heterocycles. The second kappa shape index (κ2) is 9.86. The van der Waals surface area contributed by atoms with Crippen LogP contribution in [0.3, 0.4) is 0 Å². The fraction of sp³-hybridized carbons (Fsp3) is 0.0800. The number of halogens is 2. The number of rotatable bonds is 6. The minimum Gasteiger partial charge on any atom is -0.464 e. The zero-order chi connectivity index (χ0) is 25.1. The van der Waals surface area contributed by atoms with Crippen molar-refractivity contribution in [1.82, 2.24) is 4.98 Å². The molecule has 10 heteroatoms. The maximum atomic E-state index is 13.5. The van der Waals surface area contributed by atoms with Crippen LogP contribution in [0.2, 0.25) is 5.02 Å². The van der Waals surface area contributed by atoms with Gasteiger partial charge in [-0.25, -0.2) is 19.0 Å². The molecular formula is C25H16ClFN2O6. The Kier molecular flexibility index (Phi) is 6.70. The smallest absolute Gasteiger partial charge is 0.356 e. The van der Waals surface area contributed by atoms with Crippen LogP contribution in [0.4, 0.5) is 10.1 Å². The number of amides is 1. The van der Waals surface area contributed by atoms with Crippen LogP contribution in [-0.4, -0.2) is 30.3 Å². The number of pyridine rings is 1. The van der Waals surface area contributed by atoms with E-state index in [1.165, 1.54) is 55.8 Å². The highest BCUT2D eigenvalue weighted by atomic mass is 35.5. The normalized spacial score (nSPS) is 11.6. The van der Waals surface area contributed by atoms with Gasteiger partial charge in [-0.1, -0.05) is 23.7 Å². The third kappa shape index (κ3) is 4.95. The van der Waals surface area contributed by atoms with Crippen molar-refractivity contribution in [2.45, 2.75) is 5.92 Å². The standard InChI is InChI=1S/C25H16ClFN2O6/c1-34-25(33)21-10-15(6-7-28-21)29-24(32)19(12-30)13-2-4-17-18(11-23(31)35-22(17)8-13)16-5-3-14(27)9-20(16)26/h2-12,19H,1H3,(H,28,29,32)/t19-/m0/s1. The second-order valence-corrected chi connectivity index (χ2v) is 7.79. The van der Waals surface area contributed by atoms with Crippen molar-refractivity contribution in [3.8, 4) is 11.1 Å². The lowest BCUT2D eigenvalue weighted by molar-refractivity contribution is -0.122. The van der Waals surface area contributed by atoms with E-state index in [2.05, 4.69) is 15.0 Å². The number of nitrogens with one attached hydrogen (secondary N) is 1. The van der Waals surface area contributed by atoms with Gasteiger partial charge in [-0.15, -0.1) is 0 Å². The van der Waals surface area contributed by atoms with Gasteiger partial charge >= 0.3 is 11.6 Å². The molecule has 1 atom stereocenters. The minimum atomic E-state index is -1.25. The Hall–Kier alpha value is -4.37. The fourth-order valence-corrected chi connectivity index (χ4v) is 3.81. The quantitative estimate of drug-likeness (QED) is 0.183. The number of ether oxygens (including phenoxy) is 1. The topological polar surface area (TPSA) is 116 Å². The van der Waals surface area contributed by atoms with Gasteiger partial charge in [0, 0.05) is 34.5 Å². The van der Waals surface area contributed by atoms with Crippen LogP contribution in [0.15, 0.2) is 70.0 Å². The number of anilines is 1. The highest BCUT2D eigenvalue weighted by Crippen LogP contribution is 2.34. The number of esters is 1. The van der Waals surface area contributed by atoms with Gasteiger partial charge < -0.3 is 19.3 Å². The first-order valence-corrected chi connectivity index (χ1v) is 10.5. The summed E-state index contributed by atoms with van der Waals surface area (Å²) in [5, 5.41) is 3.14. The van der Waals surface area contributed by atoms with Gasteiger partial charge in [0.05, 0.1) is 12.1 Å². The van der Waals surface area contributed by atoms with E-state index in [9.17, 15) is 23.6 Å². The lowest BCUT2D eigenvalue weighted by Gasteiger charge is -2.13. The number of fused-ring (bicyclic) bond motifs is 1. The second-order valence-electron chi connectivity index (χ2n) is 7.38. The van der Waals surface area contributed by atoms with E-state index in [0.717, 1.165) is 6.07 Å². The largest absolute Gasteiger partial charge is 0.464 e. The van der Waals surface area contributed by atoms with Crippen LogP contribution in [0.25, 0.3) is 22.1 Å². The maximum Gasteiger partial charge on any atom is 0.356 e. The predicted octanol–water partition coefficient (Wildman–Crippen LogP) is 4.36. The minimum absolute atomic E-state index is 0.0209. The van der Waals surface area contributed by atoms with Crippen molar-refractivity contribution in [2.75, 3.05) is 12.4 Å². The van der Waals surface area contributed by atoms with Crippen molar-refractivity contribution in [1.29, 1.82) is 0 Å². The Morgan fingerprint density at radius 1 is 1.11 bits per heavy atom. The maximum absolute atomic E-state index is 13.5. The van der Waals surface area contributed by atoms with E-state index in [0.29, 0.717) is 22.8 Å². The first-order chi connectivity index (χ1) is 16.8. The number of methoxy groups -OCH3 is 1. The van der Waals surface area contributed by atoms with Gasteiger partial charge in [-0.2, -0.15) is 0 Å². The number of carbonyl (C=O) groups excluding carboxylic acids is 3. The molecule has 2 aromatic heterocycles. The van der Waals surface area contributed by atoms with Crippen LogP contribution in [0.5, 0.6) is 0 Å². The Labute approximate surface area is 202 Å². The van der Waals surface area contributed by atoms with Crippen LogP contribution in [0.1, 0.15) is 22.0 Å². The summed E-state index contributed by atoms with van der Waals surface area (Å²) in [5.74, 6) is -3.14. The van der Waals surface area contributed by atoms with Gasteiger partial charge in [0.15, 0.2) is 0 Å². The van der Waals surface area contributed by atoms with Crippen molar-refractivity contribution in [2.24, 2.45) is 0 Å². The van der Waals surface area contributed by atoms with Gasteiger partial charge in [-0.05, 0) is 42.0 Å². The third-order valence-electron chi connectivity index (χ3n) is 5.19. The van der Waals surface area contributed by atoms with Gasteiger partial charge in [0.1, 0.15) is 29.3 Å². The molecule has 1 amide bonds. The molecule has 2 aromatic carbocycles. The van der Waals surface area contributed by atoms with Gasteiger partial charge in [0.25, 0.3) is 0 Å². The lowest BCUT2D eigenvalue weighted by atomic mass is 9.95. The summed E-state index contributed by atoms with van der Waals surface area (Å²) in [6.45, 7) is 0. The molecule has 176 valence electrons. The molecule has 0 saturated heterocycles. The van der Waals surface area contributed by atoms with Crippen molar-refractivity contribution in [3.05, 3.63) is 93.3 Å². The predicted molar refractivity (Wildman–Crippen MR) is 126 cm³/mol. The number of hydrogen-bond donors (Lipinski definition) is 1. The molecule has 0 bridgehead atoms. The number of hydrogen-bond acceptors (Lipinski definition) is 7. The average Bonchev–Trinajstić information content (AvgIpc) is 2.83. The number of aldehydes is 1. The summed E-state index contributed by atoms with van der Waals surface area (Å²) < 4.78 is 23.4. The number of nitrogens with zero attached hydrogens (tertiary/aromatic N) is 1. The molecule has 0 aliphatic carbocycles. The Balaban J connectivity index is 1.70. The molecule has 35 heavy (non-hydrogen) atoms. The van der Waals surface area contributed by atoms with E-state index in [1.54, 1.807) is 6.07 Å². The summed E-state index contributed by atoms with van der Waals surface area (Å²) in [7, 11) is 1.20. The van der Waals surface area contributed by atoms with E-state index in [-0.39, 0.29) is 27.6 Å². The number of benzene rings is 2. The molecule has 1 N–H and O–H groups in total. The van der Waals surface area contributed by atoms with Crippen molar-refractivity contribution >= 4 is 46.4 Å². The number of carbonyl (C=O) groups is 3. The zero-order valence-corrected chi connectivity index (χ0v) is 18.8. The Morgan fingerprint density at radius 2 is 1.91 bits per heavy atom. The molecule has 0 spiro atoms. The summed E-state index contributed by atoms with van der Waals surface area (Å²) in [6, 6.07) is 12.3. The molecule has 0 saturated carbocycles. The monoisotopic (exact) mass is 494 g/mol. The van der Waals surface area contributed by atoms with Gasteiger partial charge in [-0.3, -0.25) is 4.79 Å². The molecule has 2 heterocycles. The van der Waals surface area contributed by atoms with E-state index >= 15 is 0 Å². The van der Waals surface area contributed by atoms with Crippen molar-refractivity contribution < 1.29 is 27.9 Å². The molecule has 0 fully saturated rings. The summed E-state index contributed by atoms with van der Waals surface area (Å²) in [4.78, 5) is 52.4. The van der Waals surface area contributed by atoms with Crippen LogP contribution in [0, 0.1) is 5.82 Å². The SMILES string of the molecule is COC(=O)c1cc(NC(=O)[C@@H](C=O)c2ccc3c(-c4ccc(F)cc4Cl)cc(=O)oc3c2)ccn1. The van der Waals surface area contributed by atoms with Crippen LogP contribution in [-0.2, 0) is 14.3 Å². The molecule has 4 rings (SSSR count). The lowest BCUT2D eigenvalue weighted by Crippen LogP contribution is -2.22. The highest BCUT2D eigenvalue weighted by Gasteiger charge is 2.22. The van der Waals surface area contributed by atoms with E-state index in [4.69, 9.17) is 16.0 Å². The van der Waals surface area contributed by atoms with Crippen molar-refractivity contribution in [3.63, 3.8) is 0 Å². The van der Waals surface area contributed by atoms with E-state index < -0.39 is 29.2 Å². The Morgan fingerprint density at radius 3 is 2.63 bits per heavy atom. The highest BCUT2D eigenvalue weighted by molar-refractivity contribution is 6.33. The average molecular weight is 495 g/mol. The van der Waals surface area contributed by atoms with E-state index in [1.807, 2.05) is 0 Å². The summed E-state index contributed by atoms with van der Waals surface area (Å²) >= 11 is 6.17. The molecule has 0 unspecified atom stereocenters. The first kappa shape index (κ1) is 23.8. The number of aromatic nitrogens is 1. The molecule has 0 radical (unpaired) electrons.